The van der Waals surface area contributed by atoms with Gasteiger partial charge in [-0.25, -0.2) is 4.39 Å². The summed E-state index contributed by atoms with van der Waals surface area (Å²) in [5.41, 5.74) is 1.77. The summed E-state index contributed by atoms with van der Waals surface area (Å²) in [5.74, 6) is -0.0858. The number of anilines is 1. The number of benzene rings is 1. The van der Waals surface area contributed by atoms with E-state index in [1.807, 2.05) is 12.1 Å². The van der Waals surface area contributed by atoms with Gasteiger partial charge in [0.15, 0.2) is 0 Å². The van der Waals surface area contributed by atoms with Crippen molar-refractivity contribution in [2.75, 3.05) is 11.4 Å². The molecule has 1 fully saturated rings. The van der Waals surface area contributed by atoms with E-state index in [1.54, 1.807) is 6.07 Å². The number of rotatable bonds is 3. The predicted octanol–water partition coefficient (Wildman–Crippen LogP) is 4.10. The van der Waals surface area contributed by atoms with Crippen molar-refractivity contribution in [2.45, 2.75) is 37.6 Å². The van der Waals surface area contributed by atoms with Gasteiger partial charge in [-0.15, -0.1) is 0 Å². The van der Waals surface area contributed by atoms with Crippen molar-refractivity contribution in [2.24, 2.45) is 0 Å². The van der Waals surface area contributed by atoms with E-state index in [0.717, 1.165) is 24.2 Å². The highest BCUT2D eigenvalue weighted by Gasteiger charge is 2.24. The molecule has 0 aliphatic carbocycles. The van der Waals surface area contributed by atoms with Crippen LogP contribution < -0.4 is 4.90 Å². The van der Waals surface area contributed by atoms with Crippen molar-refractivity contribution < 1.29 is 4.39 Å². The van der Waals surface area contributed by atoms with Crippen LogP contribution in [0.5, 0.6) is 0 Å². The highest BCUT2D eigenvalue weighted by molar-refractivity contribution is 9.08. The molecule has 1 unspecified atom stereocenters. The standard InChI is InChI=1S/C13H17BrFN/c1-2-11-4-3-7-16(11)13-6-5-10(9-14)8-12(13)15/h5-6,8,11H,2-4,7,9H2,1H3. The first kappa shape index (κ1) is 11.9. The van der Waals surface area contributed by atoms with E-state index in [4.69, 9.17) is 0 Å². The van der Waals surface area contributed by atoms with Crippen molar-refractivity contribution in [3.05, 3.63) is 29.6 Å². The third-order valence-corrected chi connectivity index (χ3v) is 3.97. The van der Waals surface area contributed by atoms with E-state index in [1.165, 1.54) is 12.8 Å². The lowest BCUT2D eigenvalue weighted by Crippen LogP contribution is -2.29. The molecular weight excluding hydrogens is 269 g/mol. The van der Waals surface area contributed by atoms with Gasteiger partial charge < -0.3 is 4.90 Å². The molecule has 1 aromatic rings. The zero-order chi connectivity index (χ0) is 11.5. The van der Waals surface area contributed by atoms with Crippen molar-refractivity contribution >= 4 is 21.6 Å². The highest BCUT2D eigenvalue weighted by atomic mass is 79.9. The zero-order valence-electron chi connectivity index (χ0n) is 9.55. The summed E-state index contributed by atoms with van der Waals surface area (Å²) in [6.07, 6.45) is 3.47. The molecule has 1 aromatic carbocycles. The lowest BCUT2D eigenvalue weighted by Gasteiger charge is -2.26. The smallest absolute Gasteiger partial charge is 0.146 e. The molecule has 1 nitrogen and oxygen atoms in total. The van der Waals surface area contributed by atoms with Gasteiger partial charge in [-0.3, -0.25) is 0 Å². The molecule has 1 saturated heterocycles. The van der Waals surface area contributed by atoms with Gasteiger partial charge >= 0.3 is 0 Å². The van der Waals surface area contributed by atoms with Crippen LogP contribution in [-0.4, -0.2) is 12.6 Å². The molecule has 0 saturated carbocycles. The average molecular weight is 286 g/mol. The monoisotopic (exact) mass is 285 g/mol. The van der Waals surface area contributed by atoms with Crippen LogP contribution in [-0.2, 0) is 5.33 Å². The molecule has 1 atom stereocenters. The normalized spacial score (nSPS) is 20.4. The SMILES string of the molecule is CCC1CCCN1c1ccc(CBr)cc1F. The lowest BCUT2D eigenvalue weighted by molar-refractivity contribution is 0.596. The maximum Gasteiger partial charge on any atom is 0.146 e. The maximum atomic E-state index is 13.9. The maximum absolute atomic E-state index is 13.9. The van der Waals surface area contributed by atoms with Gasteiger partial charge in [-0.05, 0) is 37.0 Å². The molecule has 0 bridgehead atoms. The number of hydrogen-bond donors (Lipinski definition) is 0. The topological polar surface area (TPSA) is 3.24 Å². The Morgan fingerprint density at radius 1 is 1.50 bits per heavy atom. The predicted molar refractivity (Wildman–Crippen MR) is 69.7 cm³/mol. The molecule has 88 valence electrons. The number of hydrogen-bond acceptors (Lipinski definition) is 1. The Bertz CT molecular complexity index is 367. The van der Waals surface area contributed by atoms with E-state index >= 15 is 0 Å². The number of alkyl halides is 1. The summed E-state index contributed by atoms with van der Waals surface area (Å²) in [5, 5.41) is 0.710. The molecule has 1 aliphatic rings. The summed E-state index contributed by atoms with van der Waals surface area (Å²) >= 11 is 3.34. The average Bonchev–Trinajstić information content (AvgIpc) is 2.76. The van der Waals surface area contributed by atoms with Gasteiger partial charge in [-0.1, -0.05) is 28.9 Å². The first-order valence-corrected chi connectivity index (χ1v) is 6.99. The van der Waals surface area contributed by atoms with E-state index in [2.05, 4.69) is 27.8 Å². The largest absolute Gasteiger partial charge is 0.366 e. The molecule has 0 N–H and O–H groups in total. The van der Waals surface area contributed by atoms with Crippen LogP contribution >= 0.6 is 15.9 Å². The number of nitrogens with zero attached hydrogens (tertiary/aromatic N) is 1. The van der Waals surface area contributed by atoms with Crippen molar-refractivity contribution in [1.29, 1.82) is 0 Å². The minimum atomic E-state index is -0.0858. The summed E-state index contributed by atoms with van der Waals surface area (Å²) in [6.45, 7) is 3.16. The molecule has 16 heavy (non-hydrogen) atoms. The van der Waals surface area contributed by atoms with Crippen molar-refractivity contribution in [3.63, 3.8) is 0 Å². The van der Waals surface area contributed by atoms with Crippen molar-refractivity contribution in [1.82, 2.24) is 0 Å². The second-order valence-corrected chi connectivity index (χ2v) is 4.88. The second-order valence-electron chi connectivity index (χ2n) is 4.32. The molecule has 0 radical (unpaired) electrons. The summed E-state index contributed by atoms with van der Waals surface area (Å²) < 4.78 is 13.9. The molecule has 3 heteroatoms. The molecule has 0 aromatic heterocycles. The Morgan fingerprint density at radius 3 is 2.94 bits per heavy atom. The fourth-order valence-corrected chi connectivity index (χ4v) is 2.79. The van der Waals surface area contributed by atoms with Crippen molar-refractivity contribution in [3.8, 4) is 0 Å². The van der Waals surface area contributed by atoms with Gasteiger partial charge in [-0.2, -0.15) is 0 Å². The van der Waals surface area contributed by atoms with Crippen LogP contribution in [0, 0.1) is 5.82 Å². The molecular formula is C13H17BrFN. The summed E-state index contributed by atoms with van der Waals surface area (Å²) in [7, 11) is 0. The van der Waals surface area contributed by atoms with Gasteiger partial charge in [0.2, 0.25) is 0 Å². The van der Waals surface area contributed by atoms with Crippen LogP contribution in [0.1, 0.15) is 31.7 Å². The quantitative estimate of drug-likeness (QED) is 0.756. The van der Waals surface area contributed by atoms with Gasteiger partial charge in [0.05, 0.1) is 5.69 Å². The summed E-state index contributed by atoms with van der Waals surface area (Å²) in [6, 6.07) is 6.07. The molecule has 2 rings (SSSR count). The first-order chi connectivity index (χ1) is 7.76. The summed E-state index contributed by atoms with van der Waals surface area (Å²) in [4.78, 5) is 2.22. The minimum Gasteiger partial charge on any atom is -0.366 e. The molecule has 0 spiro atoms. The highest BCUT2D eigenvalue weighted by Crippen LogP contribution is 2.30. The van der Waals surface area contributed by atoms with E-state index in [9.17, 15) is 4.39 Å². The third kappa shape index (κ3) is 2.24. The second kappa shape index (κ2) is 5.17. The van der Waals surface area contributed by atoms with Crippen LogP contribution in [0.25, 0.3) is 0 Å². The van der Waals surface area contributed by atoms with Gasteiger partial charge in [0.25, 0.3) is 0 Å². The Morgan fingerprint density at radius 2 is 2.31 bits per heavy atom. The van der Waals surface area contributed by atoms with Crippen LogP contribution in [0.15, 0.2) is 18.2 Å². The zero-order valence-corrected chi connectivity index (χ0v) is 11.1. The number of halogens is 2. The van der Waals surface area contributed by atoms with Crippen LogP contribution in [0.2, 0.25) is 0 Å². The van der Waals surface area contributed by atoms with E-state index in [-0.39, 0.29) is 5.82 Å². The Hall–Kier alpha value is -0.570. The van der Waals surface area contributed by atoms with Gasteiger partial charge in [0, 0.05) is 17.9 Å². The molecule has 1 aliphatic heterocycles. The fraction of sp³-hybridized carbons (Fsp3) is 0.538. The third-order valence-electron chi connectivity index (χ3n) is 3.32. The molecule has 1 heterocycles. The minimum absolute atomic E-state index is 0.0858. The Balaban J connectivity index is 2.26. The fourth-order valence-electron chi connectivity index (χ4n) is 2.44. The van der Waals surface area contributed by atoms with Gasteiger partial charge in [0.1, 0.15) is 5.82 Å². The molecule has 0 amide bonds. The lowest BCUT2D eigenvalue weighted by atomic mass is 10.1. The van der Waals surface area contributed by atoms with E-state index in [0.29, 0.717) is 11.4 Å². The Kier molecular flexibility index (Phi) is 3.85. The van der Waals surface area contributed by atoms with Crippen LogP contribution in [0.4, 0.5) is 10.1 Å². The Labute approximate surface area is 105 Å². The first-order valence-electron chi connectivity index (χ1n) is 5.87. The van der Waals surface area contributed by atoms with Crippen LogP contribution in [0.3, 0.4) is 0 Å². The van der Waals surface area contributed by atoms with E-state index < -0.39 is 0 Å².